The summed E-state index contributed by atoms with van der Waals surface area (Å²) in [5, 5.41) is 9.82. The van der Waals surface area contributed by atoms with Crippen LogP contribution in [0.25, 0.3) is 0 Å². The van der Waals surface area contributed by atoms with Crippen molar-refractivity contribution < 1.29 is 0 Å². The van der Waals surface area contributed by atoms with Crippen LogP contribution in [-0.2, 0) is 13.0 Å². The number of fused-ring (bicyclic) bond motifs is 1. The predicted octanol–water partition coefficient (Wildman–Crippen LogP) is 3.17. The molecule has 1 saturated heterocycles. The zero-order valence-electron chi connectivity index (χ0n) is 14.4. The average molecular weight is 480 g/mol. The van der Waals surface area contributed by atoms with Gasteiger partial charge >= 0.3 is 0 Å². The van der Waals surface area contributed by atoms with Crippen LogP contribution in [0.4, 0.5) is 0 Å². The Balaban J connectivity index is 0.00000208. The SMILES string of the molecule is CCNC(=NCC1CCCS1)NCCN1CCc2sccc2C1.I. The number of hydrogen-bond acceptors (Lipinski definition) is 4. The molecule has 1 atom stereocenters. The van der Waals surface area contributed by atoms with Crippen molar-refractivity contribution in [2.45, 2.75) is 38.0 Å². The maximum absolute atomic E-state index is 4.76. The third kappa shape index (κ3) is 6.07. The monoisotopic (exact) mass is 480 g/mol. The van der Waals surface area contributed by atoms with Gasteiger partial charge in [0.05, 0.1) is 6.54 Å². The van der Waals surface area contributed by atoms with Gasteiger partial charge in [-0.05, 0) is 48.9 Å². The molecule has 3 heterocycles. The Labute approximate surface area is 171 Å². The number of aliphatic imine (C=N–C) groups is 1. The summed E-state index contributed by atoms with van der Waals surface area (Å²) in [6.07, 6.45) is 3.89. The third-order valence-electron chi connectivity index (χ3n) is 4.43. The first-order chi connectivity index (χ1) is 11.3. The van der Waals surface area contributed by atoms with Crippen molar-refractivity contribution >= 4 is 53.0 Å². The van der Waals surface area contributed by atoms with Crippen LogP contribution in [0.3, 0.4) is 0 Å². The Morgan fingerprint density at radius 1 is 1.42 bits per heavy atom. The largest absolute Gasteiger partial charge is 0.357 e. The van der Waals surface area contributed by atoms with Crippen molar-refractivity contribution in [3.05, 3.63) is 21.9 Å². The first kappa shape index (κ1) is 20.3. The Morgan fingerprint density at radius 3 is 3.12 bits per heavy atom. The molecule has 0 aromatic carbocycles. The summed E-state index contributed by atoms with van der Waals surface area (Å²) in [7, 11) is 0. The number of hydrogen-bond donors (Lipinski definition) is 2. The highest BCUT2D eigenvalue weighted by Crippen LogP contribution is 2.26. The van der Waals surface area contributed by atoms with E-state index in [1.165, 1.54) is 37.1 Å². The molecule has 0 amide bonds. The molecule has 0 radical (unpaired) electrons. The number of halogens is 1. The fraction of sp³-hybridized carbons (Fsp3) is 0.706. The van der Waals surface area contributed by atoms with Crippen molar-refractivity contribution in [2.75, 3.05) is 38.5 Å². The van der Waals surface area contributed by atoms with E-state index in [9.17, 15) is 0 Å². The molecule has 4 nitrogen and oxygen atoms in total. The second-order valence-electron chi connectivity index (χ2n) is 6.18. The Hall–Kier alpha value is 0.01000. The van der Waals surface area contributed by atoms with E-state index in [-0.39, 0.29) is 24.0 Å². The van der Waals surface area contributed by atoms with Crippen molar-refractivity contribution in [2.24, 2.45) is 4.99 Å². The minimum absolute atomic E-state index is 0. The fourth-order valence-corrected chi connectivity index (χ4v) is 5.22. The van der Waals surface area contributed by atoms with Crippen LogP contribution in [0.1, 0.15) is 30.2 Å². The molecule has 3 rings (SSSR count). The van der Waals surface area contributed by atoms with Gasteiger partial charge in [-0.15, -0.1) is 35.3 Å². The van der Waals surface area contributed by atoms with Crippen LogP contribution in [0.5, 0.6) is 0 Å². The topological polar surface area (TPSA) is 39.7 Å². The number of guanidine groups is 1. The van der Waals surface area contributed by atoms with Gasteiger partial charge in [0.25, 0.3) is 0 Å². The zero-order chi connectivity index (χ0) is 15.9. The normalized spacial score (nSPS) is 21.2. The molecule has 1 unspecified atom stereocenters. The molecule has 136 valence electrons. The minimum atomic E-state index is 0. The fourth-order valence-electron chi connectivity index (χ4n) is 3.15. The molecule has 1 fully saturated rings. The van der Waals surface area contributed by atoms with E-state index < -0.39 is 0 Å². The van der Waals surface area contributed by atoms with E-state index in [2.05, 4.69) is 45.7 Å². The second-order valence-corrected chi connectivity index (χ2v) is 8.59. The summed E-state index contributed by atoms with van der Waals surface area (Å²) in [5.74, 6) is 2.29. The van der Waals surface area contributed by atoms with Gasteiger partial charge in [0.1, 0.15) is 0 Å². The first-order valence-electron chi connectivity index (χ1n) is 8.76. The Bertz CT molecular complexity index is 514. The summed E-state index contributed by atoms with van der Waals surface area (Å²) in [6, 6.07) is 2.28. The molecule has 0 spiro atoms. The highest BCUT2D eigenvalue weighted by atomic mass is 127. The number of thiophene rings is 1. The molecule has 1 aromatic heterocycles. The molecule has 2 N–H and O–H groups in total. The highest BCUT2D eigenvalue weighted by molar-refractivity contribution is 14.0. The van der Waals surface area contributed by atoms with Gasteiger partial charge in [-0.3, -0.25) is 9.89 Å². The maximum atomic E-state index is 4.76. The summed E-state index contributed by atoms with van der Waals surface area (Å²) < 4.78 is 0. The standard InChI is InChI=1S/C17H28N4S2.HI/c1-2-18-17(20-12-15-4-3-10-22-15)19-7-9-21-8-5-16-14(13-21)6-11-23-16;/h6,11,15H,2-5,7-10,12-13H2,1H3,(H2,18,19,20);1H. The molecule has 24 heavy (non-hydrogen) atoms. The quantitative estimate of drug-likeness (QED) is 0.373. The Kier molecular flexibility index (Phi) is 9.21. The highest BCUT2D eigenvalue weighted by Gasteiger charge is 2.17. The molecule has 0 bridgehead atoms. The zero-order valence-corrected chi connectivity index (χ0v) is 18.4. The maximum Gasteiger partial charge on any atom is 0.191 e. The Morgan fingerprint density at radius 2 is 2.33 bits per heavy atom. The van der Waals surface area contributed by atoms with Gasteiger partial charge in [-0.25, -0.2) is 0 Å². The summed E-state index contributed by atoms with van der Waals surface area (Å²) in [4.78, 5) is 8.88. The van der Waals surface area contributed by atoms with Gasteiger partial charge in [0.15, 0.2) is 5.96 Å². The van der Waals surface area contributed by atoms with Gasteiger partial charge in [0, 0.05) is 42.9 Å². The average Bonchev–Trinajstić information content (AvgIpc) is 3.23. The van der Waals surface area contributed by atoms with Crippen LogP contribution in [0.2, 0.25) is 0 Å². The van der Waals surface area contributed by atoms with Crippen molar-refractivity contribution in [3.63, 3.8) is 0 Å². The van der Waals surface area contributed by atoms with Crippen LogP contribution in [0.15, 0.2) is 16.4 Å². The molecule has 1 aromatic rings. The van der Waals surface area contributed by atoms with Gasteiger partial charge in [0.2, 0.25) is 0 Å². The third-order valence-corrected chi connectivity index (χ3v) is 6.83. The van der Waals surface area contributed by atoms with Crippen LogP contribution >= 0.6 is 47.1 Å². The lowest BCUT2D eigenvalue weighted by molar-refractivity contribution is 0.260. The van der Waals surface area contributed by atoms with E-state index in [1.807, 2.05) is 11.3 Å². The van der Waals surface area contributed by atoms with E-state index in [1.54, 1.807) is 4.88 Å². The van der Waals surface area contributed by atoms with E-state index in [0.717, 1.165) is 43.9 Å². The summed E-state index contributed by atoms with van der Waals surface area (Å²) in [6.45, 7) is 8.33. The van der Waals surface area contributed by atoms with Gasteiger partial charge < -0.3 is 10.6 Å². The number of rotatable bonds is 6. The lowest BCUT2D eigenvalue weighted by Crippen LogP contribution is -2.42. The van der Waals surface area contributed by atoms with Crippen LogP contribution in [0, 0.1) is 0 Å². The number of nitrogens with zero attached hydrogens (tertiary/aromatic N) is 2. The summed E-state index contributed by atoms with van der Waals surface area (Å²) >= 11 is 3.98. The predicted molar refractivity (Wildman–Crippen MR) is 118 cm³/mol. The first-order valence-corrected chi connectivity index (χ1v) is 10.7. The number of nitrogens with one attached hydrogen (secondary N) is 2. The molecular formula is C17H29IN4S2. The molecule has 7 heteroatoms. The lowest BCUT2D eigenvalue weighted by atomic mass is 10.1. The van der Waals surface area contributed by atoms with Crippen molar-refractivity contribution in [1.29, 1.82) is 0 Å². The number of thioether (sulfide) groups is 1. The van der Waals surface area contributed by atoms with Crippen LogP contribution < -0.4 is 10.6 Å². The van der Waals surface area contributed by atoms with Crippen LogP contribution in [-0.4, -0.2) is 54.6 Å². The van der Waals surface area contributed by atoms with E-state index >= 15 is 0 Å². The molecule has 2 aliphatic heterocycles. The lowest BCUT2D eigenvalue weighted by Gasteiger charge is -2.27. The smallest absolute Gasteiger partial charge is 0.191 e. The second kappa shape index (κ2) is 10.9. The molecule has 0 aliphatic carbocycles. The minimum Gasteiger partial charge on any atom is -0.357 e. The molecule has 2 aliphatic rings. The molecule has 0 saturated carbocycles. The van der Waals surface area contributed by atoms with E-state index in [0.29, 0.717) is 0 Å². The van der Waals surface area contributed by atoms with E-state index in [4.69, 9.17) is 4.99 Å². The van der Waals surface area contributed by atoms with Crippen molar-refractivity contribution in [3.8, 4) is 0 Å². The van der Waals surface area contributed by atoms with Gasteiger partial charge in [-0.2, -0.15) is 11.8 Å². The van der Waals surface area contributed by atoms with Gasteiger partial charge in [-0.1, -0.05) is 0 Å². The molecular weight excluding hydrogens is 451 g/mol. The summed E-state index contributed by atoms with van der Waals surface area (Å²) in [5.41, 5.74) is 1.53. The van der Waals surface area contributed by atoms with Crippen molar-refractivity contribution in [1.82, 2.24) is 15.5 Å².